The highest BCUT2D eigenvalue weighted by Gasteiger charge is 1.98. The minimum atomic E-state index is -0.0169. The minimum Gasteiger partial charge on any atom is -0.368 e. The first-order valence-electron chi connectivity index (χ1n) is 4.71. The van der Waals surface area contributed by atoms with Crippen LogP contribution in [-0.4, -0.2) is 24.0 Å². The monoisotopic (exact) mass is 271 g/mol. The van der Waals surface area contributed by atoms with E-state index in [1.807, 2.05) is 19.1 Å². The fourth-order valence-electron chi connectivity index (χ4n) is 1.07. The van der Waals surface area contributed by atoms with Crippen molar-refractivity contribution in [1.29, 1.82) is 0 Å². The summed E-state index contributed by atoms with van der Waals surface area (Å²) in [6.07, 6.45) is 0. The van der Waals surface area contributed by atoms with Crippen LogP contribution in [0.25, 0.3) is 0 Å². The van der Waals surface area contributed by atoms with Gasteiger partial charge in [-0.1, -0.05) is 0 Å². The number of nitrogens with zero attached hydrogens (tertiary/aromatic N) is 1. The van der Waals surface area contributed by atoms with E-state index in [1.54, 1.807) is 0 Å². The van der Waals surface area contributed by atoms with Crippen LogP contribution in [0.3, 0.4) is 0 Å². The summed E-state index contributed by atoms with van der Waals surface area (Å²) in [6, 6.07) is 3.84. The molecule has 0 aliphatic rings. The number of nitrogens with one attached hydrogen (secondary N) is 2. The summed E-state index contributed by atoms with van der Waals surface area (Å²) < 4.78 is 0.995. The Kier molecular flexibility index (Phi) is 4.55. The molecule has 1 amide bonds. The van der Waals surface area contributed by atoms with Crippen LogP contribution in [0.2, 0.25) is 0 Å². The molecule has 1 rings (SSSR count). The van der Waals surface area contributed by atoms with Crippen molar-refractivity contribution in [3.63, 3.8) is 0 Å². The van der Waals surface area contributed by atoms with Crippen LogP contribution in [-0.2, 0) is 4.79 Å². The van der Waals surface area contributed by atoms with E-state index < -0.39 is 0 Å². The quantitative estimate of drug-likeness (QED) is 0.820. The van der Waals surface area contributed by atoms with E-state index in [-0.39, 0.29) is 5.91 Å². The third kappa shape index (κ3) is 4.29. The van der Waals surface area contributed by atoms with Gasteiger partial charge in [0.15, 0.2) is 0 Å². The molecule has 1 heterocycles. The summed E-state index contributed by atoms with van der Waals surface area (Å²) in [4.78, 5) is 14.9. The Balaban J connectivity index is 2.38. The second-order valence-corrected chi connectivity index (χ2v) is 4.03. The molecule has 0 unspecified atom stereocenters. The number of amides is 1. The van der Waals surface area contributed by atoms with Crippen LogP contribution in [0.5, 0.6) is 0 Å². The smallest absolute Gasteiger partial charge is 0.216 e. The number of carbonyl (C=O) groups excluding carboxylic acids is 1. The van der Waals surface area contributed by atoms with Crippen LogP contribution < -0.4 is 10.6 Å². The topological polar surface area (TPSA) is 54.0 Å². The number of pyridine rings is 1. The molecule has 0 aliphatic carbocycles. The second-order valence-electron chi connectivity index (χ2n) is 3.17. The molecule has 0 aromatic carbocycles. The molecular formula is C10H14BrN3O. The summed E-state index contributed by atoms with van der Waals surface area (Å²) in [6.45, 7) is 4.71. The van der Waals surface area contributed by atoms with E-state index in [4.69, 9.17) is 0 Å². The van der Waals surface area contributed by atoms with E-state index in [0.717, 1.165) is 16.0 Å². The van der Waals surface area contributed by atoms with Gasteiger partial charge in [-0.3, -0.25) is 4.79 Å². The summed E-state index contributed by atoms with van der Waals surface area (Å²) >= 11 is 3.38. The highest BCUT2D eigenvalue weighted by atomic mass is 79.9. The Labute approximate surface area is 97.6 Å². The first kappa shape index (κ1) is 12.0. The first-order valence-corrected chi connectivity index (χ1v) is 5.50. The SMILES string of the molecule is CC(=O)NCCNc1ccc(Br)c(C)n1. The fraction of sp³-hybridized carbons (Fsp3) is 0.400. The van der Waals surface area contributed by atoms with E-state index >= 15 is 0 Å². The standard InChI is InChI=1S/C10H14BrN3O/c1-7-9(11)3-4-10(14-7)13-6-5-12-8(2)15/h3-4H,5-6H2,1-2H3,(H,12,15)(H,13,14). The maximum Gasteiger partial charge on any atom is 0.216 e. The van der Waals surface area contributed by atoms with Crippen molar-refractivity contribution in [1.82, 2.24) is 10.3 Å². The highest BCUT2D eigenvalue weighted by Crippen LogP contribution is 2.15. The summed E-state index contributed by atoms with van der Waals surface area (Å²) in [5.74, 6) is 0.804. The third-order valence-electron chi connectivity index (χ3n) is 1.83. The summed E-state index contributed by atoms with van der Waals surface area (Å²) in [5, 5.41) is 5.82. The van der Waals surface area contributed by atoms with Crippen molar-refractivity contribution in [2.45, 2.75) is 13.8 Å². The van der Waals surface area contributed by atoms with Crippen molar-refractivity contribution >= 4 is 27.7 Å². The molecule has 0 atom stereocenters. The fourth-order valence-corrected chi connectivity index (χ4v) is 1.29. The van der Waals surface area contributed by atoms with E-state index in [0.29, 0.717) is 13.1 Å². The van der Waals surface area contributed by atoms with Gasteiger partial charge < -0.3 is 10.6 Å². The predicted molar refractivity (Wildman–Crippen MR) is 63.8 cm³/mol. The summed E-state index contributed by atoms with van der Waals surface area (Å²) in [5.41, 5.74) is 0.944. The van der Waals surface area contributed by atoms with Crippen LogP contribution in [0.4, 0.5) is 5.82 Å². The molecule has 4 nitrogen and oxygen atoms in total. The molecular weight excluding hydrogens is 258 g/mol. The number of aryl methyl sites for hydroxylation is 1. The normalized spacial score (nSPS) is 9.80. The number of halogens is 1. The minimum absolute atomic E-state index is 0.0169. The third-order valence-corrected chi connectivity index (χ3v) is 2.66. The zero-order valence-electron chi connectivity index (χ0n) is 8.80. The van der Waals surface area contributed by atoms with Crippen molar-refractivity contribution in [3.05, 3.63) is 22.3 Å². The molecule has 0 saturated carbocycles. The Morgan fingerprint density at radius 1 is 1.47 bits per heavy atom. The Morgan fingerprint density at radius 3 is 2.80 bits per heavy atom. The molecule has 0 fully saturated rings. The molecule has 5 heteroatoms. The Bertz CT molecular complexity index is 355. The van der Waals surface area contributed by atoms with Gasteiger partial charge in [0, 0.05) is 24.5 Å². The number of anilines is 1. The number of carbonyl (C=O) groups is 1. The molecule has 2 N–H and O–H groups in total. The lowest BCUT2D eigenvalue weighted by atomic mass is 10.4. The molecule has 0 saturated heterocycles. The largest absolute Gasteiger partial charge is 0.368 e. The van der Waals surface area contributed by atoms with Gasteiger partial charge in [-0.15, -0.1) is 0 Å². The lowest BCUT2D eigenvalue weighted by Gasteiger charge is -2.07. The number of rotatable bonds is 4. The molecule has 0 aliphatic heterocycles. The predicted octanol–water partition coefficient (Wildman–Crippen LogP) is 1.70. The number of aromatic nitrogens is 1. The molecule has 1 aromatic heterocycles. The second kappa shape index (κ2) is 5.70. The molecule has 0 radical (unpaired) electrons. The Hall–Kier alpha value is -1.10. The number of hydrogen-bond acceptors (Lipinski definition) is 3. The molecule has 0 spiro atoms. The average Bonchev–Trinajstić information content (AvgIpc) is 2.18. The van der Waals surface area contributed by atoms with Crippen LogP contribution in [0.1, 0.15) is 12.6 Å². The van der Waals surface area contributed by atoms with E-state index in [2.05, 4.69) is 31.5 Å². The molecule has 82 valence electrons. The van der Waals surface area contributed by atoms with Crippen molar-refractivity contribution in [2.24, 2.45) is 0 Å². The molecule has 1 aromatic rings. The van der Waals surface area contributed by atoms with Crippen molar-refractivity contribution in [2.75, 3.05) is 18.4 Å². The van der Waals surface area contributed by atoms with Gasteiger partial charge in [0.1, 0.15) is 5.82 Å². The van der Waals surface area contributed by atoms with Crippen LogP contribution >= 0.6 is 15.9 Å². The average molecular weight is 272 g/mol. The maximum atomic E-state index is 10.6. The van der Waals surface area contributed by atoms with Crippen LogP contribution in [0.15, 0.2) is 16.6 Å². The highest BCUT2D eigenvalue weighted by molar-refractivity contribution is 9.10. The zero-order chi connectivity index (χ0) is 11.3. The maximum absolute atomic E-state index is 10.6. The van der Waals surface area contributed by atoms with Gasteiger partial charge in [0.2, 0.25) is 5.91 Å². The van der Waals surface area contributed by atoms with Gasteiger partial charge >= 0.3 is 0 Å². The molecule has 0 bridgehead atoms. The van der Waals surface area contributed by atoms with Crippen molar-refractivity contribution in [3.8, 4) is 0 Å². The van der Waals surface area contributed by atoms with Crippen molar-refractivity contribution < 1.29 is 4.79 Å². The van der Waals surface area contributed by atoms with Crippen LogP contribution in [0, 0.1) is 6.92 Å². The van der Waals surface area contributed by atoms with E-state index in [9.17, 15) is 4.79 Å². The Morgan fingerprint density at radius 2 is 2.20 bits per heavy atom. The lowest BCUT2D eigenvalue weighted by Crippen LogP contribution is -2.26. The zero-order valence-corrected chi connectivity index (χ0v) is 10.4. The van der Waals surface area contributed by atoms with Gasteiger partial charge in [-0.05, 0) is 35.0 Å². The molecule has 15 heavy (non-hydrogen) atoms. The number of hydrogen-bond donors (Lipinski definition) is 2. The van der Waals surface area contributed by atoms with Gasteiger partial charge in [-0.2, -0.15) is 0 Å². The lowest BCUT2D eigenvalue weighted by molar-refractivity contribution is -0.118. The summed E-state index contributed by atoms with van der Waals surface area (Å²) in [7, 11) is 0. The van der Waals surface area contributed by atoms with E-state index in [1.165, 1.54) is 6.92 Å². The van der Waals surface area contributed by atoms with Gasteiger partial charge in [-0.25, -0.2) is 4.98 Å². The first-order chi connectivity index (χ1) is 7.09. The van der Waals surface area contributed by atoms with Gasteiger partial charge in [0.25, 0.3) is 0 Å². The van der Waals surface area contributed by atoms with Gasteiger partial charge in [0.05, 0.1) is 5.69 Å².